The summed E-state index contributed by atoms with van der Waals surface area (Å²) in [5, 5.41) is 3.44. The Bertz CT molecular complexity index is 773. The van der Waals surface area contributed by atoms with Gasteiger partial charge in [0.1, 0.15) is 5.75 Å². The van der Waals surface area contributed by atoms with Crippen molar-refractivity contribution in [3.05, 3.63) is 53.9 Å². The second kappa shape index (κ2) is 11.8. The minimum Gasteiger partial charge on any atom is -0.497 e. The Morgan fingerprint density at radius 2 is 1.97 bits per heavy atom. The predicted octanol–water partition coefficient (Wildman–Crippen LogP) is 3.35. The van der Waals surface area contributed by atoms with E-state index in [0.717, 1.165) is 63.1 Å². The number of hydrogen-bond acceptors (Lipinski definition) is 4. The van der Waals surface area contributed by atoms with E-state index >= 15 is 0 Å². The van der Waals surface area contributed by atoms with E-state index in [4.69, 9.17) is 9.73 Å². The fourth-order valence-corrected chi connectivity index (χ4v) is 3.35. The smallest absolute Gasteiger partial charge is 0.194 e. The number of rotatable bonds is 6. The fraction of sp³-hybridized carbons (Fsp3) is 0.455. The molecule has 0 spiro atoms. The van der Waals surface area contributed by atoms with Gasteiger partial charge in [-0.1, -0.05) is 12.1 Å². The van der Waals surface area contributed by atoms with Crippen molar-refractivity contribution in [3.63, 3.8) is 0 Å². The Balaban J connectivity index is 0.00000300. The van der Waals surface area contributed by atoms with E-state index < -0.39 is 0 Å². The maximum atomic E-state index is 5.35. The fourth-order valence-electron chi connectivity index (χ4n) is 3.35. The third-order valence-electron chi connectivity index (χ3n) is 4.97. The van der Waals surface area contributed by atoms with E-state index in [-0.39, 0.29) is 24.0 Å². The van der Waals surface area contributed by atoms with Crippen molar-refractivity contribution in [2.45, 2.75) is 20.3 Å². The lowest BCUT2D eigenvalue weighted by Crippen LogP contribution is -2.52. The number of aryl methyl sites for hydroxylation is 1. The number of aliphatic imine (C=N–C) groups is 1. The van der Waals surface area contributed by atoms with E-state index in [2.05, 4.69) is 51.3 Å². The summed E-state index contributed by atoms with van der Waals surface area (Å²) in [6.45, 7) is 9.62. The summed E-state index contributed by atoms with van der Waals surface area (Å²) in [7, 11) is 1.71. The highest BCUT2D eigenvalue weighted by molar-refractivity contribution is 14.0. The number of hydrogen-bond donors (Lipinski definition) is 1. The monoisotopic (exact) mass is 509 g/mol. The van der Waals surface area contributed by atoms with Crippen LogP contribution in [0, 0.1) is 6.92 Å². The maximum Gasteiger partial charge on any atom is 0.194 e. The molecule has 0 atom stereocenters. The van der Waals surface area contributed by atoms with Crippen LogP contribution in [0.1, 0.15) is 18.2 Å². The zero-order valence-electron chi connectivity index (χ0n) is 17.6. The summed E-state index contributed by atoms with van der Waals surface area (Å²) in [4.78, 5) is 14.0. The van der Waals surface area contributed by atoms with Crippen molar-refractivity contribution in [1.82, 2.24) is 15.2 Å². The van der Waals surface area contributed by atoms with E-state index in [1.807, 2.05) is 25.3 Å². The molecule has 1 aromatic heterocycles. The molecule has 3 rings (SSSR count). The maximum absolute atomic E-state index is 5.35. The molecule has 0 radical (unpaired) electrons. The van der Waals surface area contributed by atoms with Crippen molar-refractivity contribution in [2.75, 3.05) is 51.3 Å². The summed E-state index contributed by atoms with van der Waals surface area (Å²) in [6.07, 6.45) is 2.86. The Morgan fingerprint density at radius 1 is 1.17 bits per heavy atom. The summed E-state index contributed by atoms with van der Waals surface area (Å²) in [5.41, 5.74) is 3.50. The van der Waals surface area contributed by atoms with Crippen LogP contribution < -0.4 is 15.0 Å². The summed E-state index contributed by atoms with van der Waals surface area (Å²) < 4.78 is 5.35. The van der Waals surface area contributed by atoms with Gasteiger partial charge in [-0.15, -0.1) is 24.0 Å². The molecule has 2 aromatic rings. The van der Waals surface area contributed by atoms with E-state index in [1.165, 1.54) is 11.3 Å². The molecule has 0 bridgehead atoms. The van der Waals surface area contributed by atoms with Crippen LogP contribution in [0.4, 0.5) is 5.69 Å². The van der Waals surface area contributed by atoms with Gasteiger partial charge in [0.15, 0.2) is 5.96 Å². The molecule has 158 valence electrons. The quantitative estimate of drug-likeness (QED) is 0.368. The van der Waals surface area contributed by atoms with Crippen LogP contribution in [0.5, 0.6) is 5.75 Å². The lowest BCUT2D eigenvalue weighted by atomic mass is 10.2. The predicted molar refractivity (Wildman–Crippen MR) is 131 cm³/mol. The summed E-state index contributed by atoms with van der Waals surface area (Å²) in [5.74, 6) is 1.91. The third kappa shape index (κ3) is 6.76. The van der Waals surface area contributed by atoms with Crippen LogP contribution in [0.3, 0.4) is 0 Å². The molecule has 7 heteroatoms. The van der Waals surface area contributed by atoms with Gasteiger partial charge in [0, 0.05) is 62.9 Å². The topological polar surface area (TPSA) is 53.0 Å². The molecule has 2 heterocycles. The van der Waals surface area contributed by atoms with Crippen molar-refractivity contribution < 1.29 is 4.74 Å². The van der Waals surface area contributed by atoms with Gasteiger partial charge in [-0.05, 0) is 44.0 Å². The lowest BCUT2D eigenvalue weighted by molar-refractivity contribution is 0.372. The minimum absolute atomic E-state index is 0. The van der Waals surface area contributed by atoms with Gasteiger partial charge in [-0.3, -0.25) is 9.98 Å². The van der Waals surface area contributed by atoms with Crippen LogP contribution in [0.25, 0.3) is 0 Å². The lowest BCUT2D eigenvalue weighted by Gasteiger charge is -2.37. The van der Waals surface area contributed by atoms with Gasteiger partial charge in [-0.2, -0.15) is 0 Å². The number of guanidine groups is 1. The largest absolute Gasteiger partial charge is 0.497 e. The number of nitrogens with zero attached hydrogens (tertiary/aromatic N) is 4. The number of aromatic nitrogens is 1. The average molecular weight is 509 g/mol. The molecular weight excluding hydrogens is 477 g/mol. The molecule has 1 fully saturated rings. The van der Waals surface area contributed by atoms with Crippen molar-refractivity contribution >= 4 is 35.6 Å². The van der Waals surface area contributed by atoms with Crippen molar-refractivity contribution in [3.8, 4) is 5.75 Å². The molecule has 0 unspecified atom stereocenters. The Kier molecular flexibility index (Phi) is 9.50. The van der Waals surface area contributed by atoms with Gasteiger partial charge < -0.3 is 19.9 Å². The van der Waals surface area contributed by atoms with Crippen LogP contribution in [0.2, 0.25) is 0 Å². The zero-order chi connectivity index (χ0) is 19.8. The third-order valence-corrected chi connectivity index (χ3v) is 4.97. The first-order valence-corrected chi connectivity index (χ1v) is 10.0. The minimum atomic E-state index is 0. The molecular formula is C22H32IN5O. The molecule has 1 N–H and O–H groups in total. The number of methoxy groups -OCH3 is 1. The van der Waals surface area contributed by atoms with Gasteiger partial charge in [-0.25, -0.2) is 0 Å². The number of ether oxygens (including phenoxy) is 1. The molecule has 1 aromatic carbocycles. The Labute approximate surface area is 191 Å². The molecule has 0 saturated carbocycles. The number of piperazine rings is 1. The van der Waals surface area contributed by atoms with E-state index in [1.54, 1.807) is 7.11 Å². The van der Waals surface area contributed by atoms with Gasteiger partial charge in [0.25, 0.3) is 0 Å². The zero-order valence-corrected chi connectivity index (χ0v) is 19.9. The highest BCUT2D eigenvalue weighted by Gasteiger charge is 2.20. The average Bonchev–Trinajstić information content (AvgIpc) is 2.75. The van der Waals surface area contributed by atoms with Gasteiger partial charge in [0.2, 0.25) is 0 Å². The van der Waals surface area contributed by atoms with E-state index in [0.29, 0.717) is 0 Å². The van der Waals surface area contributed by atoms with Crippen LogP contribution in [-0.4, -0.2) is 62.2 Å². The molecule has 1 aliphatic heterocycles. The summed E-state index contributed by atoms with van der Waals surface area (Å²) >= 11 is 0. The number of nitrogens with one attached hydrogen (secondary N) is 1. The second-order valence-corrected chi connectivity index (χ2v) is 6.97. The van der Waals surface area contributed by atoms with Gasteiger partial charge in [0.05, 0.1) is 7.11 Å². The molecule has 6 nitrogen and oxygen atoms in total. The molecule has 29 heavy (non-hydrogen) atoms. The first-order valence-electron chi connectivity index (χ1n) is 10.0. The molecule has 0 amide bonds. The molecule has 1 saturated heterocycles. The number of benzene rings is 1. The highest BCUT2D eigenvalue weighted by atomic mass is 127. The van der Waals surface area contributed by atoms with Crippen molar-refractivity contribution in [2.24, 2.45) is 4.99 Å². The molecule has 1 aliphatic rings. The number of halogens is 1. The standard InChI is InChI=1S/C22H31N5O.HI/c1-4-23-22(24-11-10-19-9-8-18(2)25-17-19)27-14-12-26(13-15-27)20-6-5-7-21(16-20)28-3;/h5-9,16-17H,4,10-15H2,1-3H3,(H,23,24);1H. The Morgan fingerprint density at radius 3 is 2.62 bits per heavy atom. The number of pyridine rings is 1. The van der Waals surface area contributed by atoms with Crippen LogP contribution in [-0.2, 0) is 6.42 Å². The summed E-state index contributed by atoms with van der Waals surface area (Å²) in [6, 6.07) is 12.5. The second-order valence-electron chi connectivity index (χ2n) is 6.97. The Hall–Kier alpha value is -2.03. The van der Waals surface area contributed by atoms with Crippen molar-refractivity contribution in [1.29, 1.82) is 0 Å². The first-order chi connectivity index (χ1) is 13.7. The molecule has 0 aliphatic carbocycles. The first kappa shape index (κ1) is 23.3. The van der Waals surface area contributed by atoms with Crippen LogP contribution in [0.15, 0.2) is 47.6 Å². The number of anilines is 1. The van der Waals surface area contributed by atoms with Crippen LogP contribution >= 0.6 is 24.0 Å². The SMILES string of the molecule is CCNC(=NCCc1ccc(C)nc1)N1CCN(c2cccc(OC)c2)CC1.I. The van der Waals surface area contributed by atoms with E-state index in [9.17, 15) is 0 Å². The normalized spacial score (nSPS) is 14.4. The van der Waals surface area contributed by atoms with Gasteiger partial charge >= 0.3 is 0 Å². The highest BCUT2D eigenvalue weighted by Crippen LogP contribution is 2.22.